The van der Waals surface area contributed by atoms with Crippen LogP contribution >= 0.6 is 0 Å². The normalized spacial score (nSPS) is 24.4. The van der Waals surface area contributed by atoms with Gasteiger partial charge in [0.05, 0.1) is 17.3 Å². The number of hydrogen-bond donors (Lipinski definition) is 1. The van der Waals surface area contributed by atoms with E-state index >= 15 is 0 Å². The molecule has 0 saturated carbocycles. The second kappa shape index (κ2) is 5.54. The molecule has 2 aromatic rings. The zero-order chi connectivity index (χ0) is 14.1. The lowest BCUT2D eigenvalue weighted by molar-refractivity contribution is 0.0994. The molecule has 0 aliphatic carbocycles. The molecule has 1 aliphatic rings. The molecule has 0 radical (unpaired) electrons. The second-order valence-corrected chi connectivity index (χ2v) is 5.68. The Kier molecular flexibility index (Phi) is 3.76. The number of ether oxygens (including phenoxy) is 1. The van der Waals surface area contributed by atoms with Crippen LogP contribution in [0.2, 0.25) is 0 Å². The maximum absolute atomic E-state index is 6.41. The van der Waals surface area contributed by atoms with Gasteiger partial charge in [0.25, 0.3) is 0 Å². The van der Waals surface area contributed by atoms with Crippen LogP contribution in [0.15, 0.2) is 24.3 Å². The van der Waals surface area contributed by atoms with Crippen LogP contribution in [0, 0.1) is 5.92 Å². The smallest absolute Gasteiger partial charge is 0.0718 e. The van der Waals surface area contributed by atoms with E-state index in [4.69, 9.17) is 15.6 Å². The van der Waals surface area contributed by atoms with Crippen molar-refractivity contribution < 1.29 is 4.74 Å². The first-order chi connectivity index (χ1) is 9.70. The molecular weight excluding hydrogens is 250 g/mol. The summed E-state index contributed by atoms with van der Waals surface area (Å²) in [5, 5.41) is 5.97. The first-order valence-electron chi connectivity index (χ1n) is 7.52. The topological polar surface area (TPSA) is 53.1 Å². The second-order valence-electron chi connectivity index (χ2n) is 5.68. The van der Waals surface area contributed by atoms with Gasteiger partial charge < -0.3 is 10.5 Å². The maximum atomic E-state index is 6.41. The minimum atomic E-state index is 0.121. The number of fused-ring (bicyclic) bond motifs is 1. The third-order valence-corrected chi connectivity index (χ3v) is 4.45. The molecule has 1 aromatic heterocycles. The van der Waals surface area contributed by atoms with E-state index in [1.54, 1.807) is 0 Å². The van der Waals surface area contributed by atoms with E-state index < -0.39 is 0 Å². The fourth-order valence-corrected chi connectivity index (χ4v) is 3.27. The predicted molar refractivity (Wildman–Crippen MR) is 80.6 cm³/mol. The Bertz CT molecular complexity index is 592. The van der Waals surface area contributed by atoms with Gasteiger partial charge >= 0.3 is 0 Å². The van der Waals surface area contributed by atoms with Crippen molar-refractivity contribution in [2.45, 2.75) is 45.4 Å². The summed E-state index contributed by atoms with van der Waals surface area (Å²) in [7, 11) is 0. The molecule has 0 amide bonds. The molecule has 2 heterocycles. The molecule has 1 aromatic carbocycles. The zero-order valence-electron chi connectivity index (χ0n) is 12.2. The van der Waals surface area contributed by atoms with Crippen molar-refractivity contribution in [2.24, 2.45) is 11.7 Å². The molecular formula is C16H23N3O. The highest BCUT2D eigenvalue weighted by molar-refractivity contribution is 5.82. The first kappa shape index (κ1) is 13.6. The summed E-state index contributed by atoms with van der Waals surface area (Å²) >= 11 is 0. The number of aromatic nitrogens is 2. The molecule has 3 unspecified atom stereocenters. The Morgan fingerprint density at radius 3 is 2.95 bits per heavy atom. The van der Waals surface area contributed by atoms with E-state index in [-0.39, 0.29) is 12.1 Å². The number of benzene rings is 1. The van der Waals surface area contributed by atoms with E-state index in [0.29, 0.717) is 5.92 Å². The van der Waals surface area contributed by atoms with Gasteiger partial charge in [-0.3, -0.25) is 4.68 Å². The van der Waals surface area contributed by atoms with Crippen molar-refractivity contribution in [1.29, 1.82) is 0 Å². The predicted octanol–water partition coefficient (Wildman–Crippen LogP) is 2.35. The first-order valence-corrected chi connectivity index (χ1v) is 7.52. The summed E-state index contributed by atoms with van der Waals surface area (Å²) in [5.74, 6) is 0.445. The van der Waals surface area contributed by atoms with Crippen molar-refractivity contribution in [1.82, 2.24) is 9.78 Å². The number of hydrogen-bond acceptors (Lipinski definition) is 3. The SMILES string of the molecule is CCn1nc(CC(N)C2CCOC2C)c2ccccc21. The molecule has 4 heteroatoms. The number of para-hydroxylation sites is 1. The van der Waals surface area contributed by atoms with Crippen molar-refractivity contribution in [2.75, 3.05) is 6.61 Å². The molecule has 0 spiro atoms. The highest BCUT2D eigenvalue weighted by Gasteiger charge is 2.30. The zero-order valence-corrected chi connectivity index (χ0v) is 12.2. The van der Waals surface area contributed by atoms with Crippen molar-refractivity contribution in [3.8, 4) is 0 Å². The summed E-state index contributed by atoms with van der Waals surface area (Å²) in [5.41, 5.74) is 8.74. The highest BCUT2D eigenvalue weighted by Crippen LogP contribution is 2.26. The minimum absolute atomic E-state index is 0.121. The number of rotatable bonds is 4. The van der Waals surface area contributed by atoms with Gasteiger partial charge in [0.1, 0.15) is 0 Å². The van der Waals surface area contributed by atoms with E-state index in [1.807, 2.05) is 0 Å². The minimum Gasteiger partial charge on any atom is -0.378 e. The van der Waals surface area contributed by atoms with E-state index in [0.717, 1.165) is 31.7 Å². The maximum Gasteiger partial charge on any atom is 0.0718 e. The number of nitrogens with zero attached hydrogens (tertiary/aromatic N) is 2. The monoisotopic (exact) mass is 273 g/mol. The third kappa shape index (κ3) is 2.34. The average Bonchev–Trinajstić information content (AvgIpc) is 3.03. The Balaban J connectivity index is 1.87. The lowest BCUT2D eigenvalue weighted by atomic mass is 9.90. The van der Waals surface area contributed by atoms with Crippen LogP contribution in [0.4, 0.5) is 0 Å². The largest absolute Gasteiger partial charge is 0.378 e. The van der Waals surface area contributed by atoms with Gasteiger partial charge in [0.2, 0.25) is 0 Å². The Hall–Kier alpha value is -1.39. The summed E-state index contributed by atoms with van der Waals surface area (Å²) < 4.78 is 7.69. The number of nitrogens with two attached hydrogens (primary N) is 1. The molecule has 1 saturated heterocycles. The van der Waals surface area contributed by atoms with Gasteiger partial charge in [-0.05, 0) is 26.3 Å². The number of aryl methyl sites for hydroxylation is 1. The fraction of sp³-hybridized carbons (Fsp3) is 0.562. The molecule has 4 nitrogen and oxygen atoms in total. The van der Waals surface area contributed by atoms with E-state index in [9.17, 15) is 0 Å². The summed E-state index contributed by atoms with van der Waals surface area (Å²) in [6, 6.07) is 8.52. The van der Waals surface area contributed by atoms with Gasteiger partial charge in [-0.2, -0.15) is 5.10 Å². The summed E-state index contributed by atoms with van der Waals surface area (Å²) in [6.45, 7) is 5.97. The standard InChI is InChI=1S/C16H23N3O/c1-3-19-16-7-5-4-6-13(16)15(18-19)10-14(17)12-8-9-20-11(12)2/h4-7,11-12,14H,3,8-10,17H2,1-2H3. The average molecular weight is 273 g/mol. The van der Waals surface area contributed by atoms with Crippen LogP contribution < -0.4 is 5.73 Å². The fourth-order valence-electron chi connectivity index (χ4n) is 3.27. The molecule has 3 rings (SSSR count). The molecule has 1 fully saturated rings. The van der Waals surface area contributed by atoms with Crippen LogP contribution in [0.3, 0.4) is 0 Å². The molecule has 3 atom stereocenters. The Labute approximate surface area is 119 Å². The van der Waals surface area contributed by atoms with E-state index in [2.05, 4.69) is 42.8 Å². The lowest BCUT2D eigenvalue weighted by Gasteiger charge is -2.21. The molecule has 0 bridgehead atoms. The van der Waals surface area contributed by atoms with Crippen LogP contribution in [-0.2, 0) is 17.7 Å². The molecule has 108 valence electrons. The van der Waals surface area contributed by atoms with Crippen molar-refractivity contribution in [3.05, 3.63) is 30.0 Å². The van der Waals surface area contributed by atoms with Crippen LogP contribution in [-0.4, -0.2) is 28.5 Å². The van der Waals surface area contributed by atoms with Gasteiger partial charge in [-0.15, -0.1) is 0 Å². The summed E-state index contributed by atoms with van der Waals surface area (Å²) in [6.07, 6.45) is 2.16. The Morgan fingerprint density at radius 2 is 2.25 bits per heavy atom. The highest BCUT2D eigenvalue weighted by atomic mass is 16.5. The molecule has 20 heavy (non-hydrogen) atoms. The lowest BCUT2D eigenvalue weighted by Crippen LogP contribution is -2.36. The quantitative estimate of drug-likeness (QED) is 0.930. The van der Waals surface area contributed by atoms with Crippen molar-refractivity contribution in [3.63, 3.8) is 0 Å². The van der Waals surface area contributed by atoms with Crippen molar-refractivity contribution >= 4 is 10.9 Å². The Morgan fingerprint density at radius 1 is 1.45 bits per heavy atom. The van der Waals surface area contributed by atoms with Crippen LogP contribution in [0.1, 0.15) is 26.0 Å². The van der Waals surface area contributed by atoms with E-state index in [1.165, 1.54) is 10.9 Å². The van der Waals surface area contributed by atoms with Gasteiger partial charge in [-0.25, -0.2) is 0 Å². The summed E-state index contributed by atoms with van der Waals surface area (Å²) in [4.78, 5) is 0. The van der Waals surface area contributed by atoms with Crippen LogP contribution in [0.25, 0.3) is 10.9 Å². The third-order valence-electron chi connectivity index (χ3n) is 4.45. The van der Waals surface area contributed by atoms with Crippen LogP contribution in [0.5, 0.6) is 0 Å². The molecule has 1 aliphatic heterocycles. The van der Waals surface area contributed by atoms with Gasteiger partial charge in [0.15, 0.2) is 0 Å². The van der Waals surface area contributed by atoms with Gasteiger partial charge in [0, 0.05) is 36.9 Å². The van der Waals surface area contributed by atoms with Gasteiger partial charge in [-0.1, -0.05) is 18.2 Å². The molecule has 2 N–H and O–H groups in total.